The number of carbonyl (C=O) groups is 1. The third kappa shape index (κ3) is 4.36. The van der Waals surface area contributed by atoms with Crippen LogP contribution in [0.4, 0.5) is 11.4 Å². The van der Waals surface area contributed by atoms with Crippen LogP contribution in [-0.4, -0.2) is 15.9 Å². The number of anilines is 1. The zero-order chi connectivity index (χ0) is 20.7. The van der Waals surface area contributed by atoms with E-state index in [0.717, 1.165) is 12.1 Å². The van der Waals surface area contributed by atoms with Gasteiger partial charge in [-0.15, -0.1) is 0 Å². The second kappa shape index (κ2) is 7.66. The Morgan fingerprint density at radius 2 is 1.74 bits per heavy atom. The van der Waals surface area contributed by atoms with Crippen LogP contribution in [0.1, 0.15) is 42.3 Å². The molecule has 0 saturated heterocycles. The maximum absolute atomic E-state index is 12.9. The van der Waals surface area contributed by atoms with E-state index in [9.17, 15) is 20.0 Å². The van der Waals surface area contributed by atoms with Gasteiger partial charge in [-0.25, -0.2) is 0 Å². The summed E-state index contributed by atoms with van der Waals surface area (Å²) in [6.45, 7) is 7.42. The van der Waals surface area contributed by atoms with Crippen molar-refractivity contribution in [3.63, 3.8) is 0 Å². The van der Waals surface area contributed by atoms with Gasteiger partial charge in [-0.1, -0.05) is 59.9 Å². The van der Waals surface area contributed by atoms with E-state index in [2.05, 4.69) is 21.2 Å². The van der Waals surface area contributed by atoms with E-state index >= 15 is 0 Å². The van der Waals surface area contributed by atoms with Gasteiger partial charge in [0.25, 0.3) is 11.6 Å². The molecular weight excluding hydrogens is 459 g/mol. The van der Waals surface area contributed by atoms with Gasteiger partial charge in [0.1, 0.15) is 5.75 Å². The Balaban J connectivity index is 2.55. The third-order valence-electron chi connectivity index (χ3n) is 4.01. The SMILES string of the molecule is Cc1c(Br)cc(C(C)(C)C)c(O)c1C(=O)Nc1c(Cl)cc([N+](=O)[O-])cc1Cl. The summed E-state index contributed by atoms with van der Waals surface area (Å²) in [6, 6.07) is 3.96. The lowest BCUT2D eigenvalue weighted by Crippen LogP contribution is -2.18. The van der Waals surface area contributed by atoms with Gasteiger partial charge in [0, 0.05) is 22.2 Å². The molecule has 0 aromatic heterocycles. The first kappa shape index (κ1) is 21.5. The van der Waals surface area contributed by atoms with E-state index < -0.39 is 16.2 Å². The van der Waals surface area contributed by atoms with Gasteiger partial charge in [0.2, 0.25) is 0 Å². The minimum absolute atomic E-state index is 0.0324. The van der Waals surface area contributed by atoms with Crippen molar-refractivity contribution in [3.05, 3.63) is 59.5 Å². The van der Waals surface area contributed by atoms with Crippen molar-refractivity contribution in [2.45, 2.75) is 33.1 Å². The Morgan fingerprint density at radius 1 is 1.22 bits per heavy atom. The highest BCUT2D eigenvalue weighted by atomic mass is 79.9. The molecule has 9 heteroatoms. The summed E-state index contributed by atoms with van der Waals surface area (Å²) >= 11 is 15.5. The molecule has 0 unspecified atom stereocenters. The van der Waals surface area contributed by atoms with Crippen LogP contribution >= 0.6 is 39.1 Å². The predicted octanol–water partition coefficient (Wildman–Crippen LogP) is 6.23. The molecule has 0 spiro atoms. The fourth-order valence-electron chi connectivity index (χ4n) is 2.55. The van der Waals surface area contributed by atoms with E-state index in [1.54, 1.807) is 13.0 Å². The van der Waals surface area contributed by atoms with Gasteiger partial charge in [0.05, 0.1) is 26.2 Å². The molecule has 144 valence electrons. The number of hydrogen-bond acceptors (Lipinski definition) is 4. The zero-order valence-electron chi connectivity index (χ0n) is 15.0. The molecule has 0 atom stereocenters. The number of carbonyl (C=O) groups excluding carboxylic acids is 1. The smallest absolute Gasteiger partial charge is 0.272 e. The zero-order valence-corrected chi connectivity index (χ0v) is 18.1. The van der Waals surface area contributed by atoms with Crippen LogP contribution in [0.15, 0.2) is 22.7 Å². The molecular formula is C18H17BrCl2N2O4. The molecule has 27 heavy (non-hydrogen) atoms. The minimum Gasteiger partial charge on any atom is -0.507 e. The number of aromatic hydroxyl groups is 1. The van der Waals surface area contributed by atoms with Gasteiger partial charge < -0.3 is 10.4 Å². The monoisotopic (exact) mass is 474 g/mol. The molecule has 0 aliphatic rings. The summed E-state index contributed by atoms with van der Waals surface area (Å²) in [7, 11) is 0. The second-order valence-electron chi connectivity index (χ2n) is 7.00. The van der Waals surface area contributed by atoms with Crippen LogP contribution in [-0.2, 0) is 5.41 Å². The number of rotatable bonds is 3. The summed E-state index contributed by atoms with van der Waals surface area (Å²) in [5, 5.41) is 24.0. The number of phenols is 1. The Labute approximate surface area is 174 Å². The van der Waals surface area contributed by atoms with Crippen LogP contribution in [0.3, 0.4) is 0 Å². The van der Waals surface area contributed by atoms with E-state index in [4.69, 9.17) is 23.2 Å². The van der Waals surface area contributed by atoms with Gasteiger partial charge in [-0.3, -0.25) is 14.9 Å². The third-order valence-corrected chi connectivity index (χ3v) is 5.43. The van der Waals surface area contributed by atoms with Crippen LogP contribution in [0, 0.1) is 17.0 Å². The van der Waals surface area contributed by atoms with Crippen molar-refractivity contribution in [1.82, 2.24) is 0 Å². The van der Waals surface area contributed by atoms with Crippen LogP contribution in [0.2, 0.25) is 10.0 Å². The van der Waals surface area contributed by atoms with Gasteiger partial charge in [0.15, 0.2) is 0 Å². The normalized spacial score (nSPS) is 11.4. The molecule has 0 aliphatic carbocycles. The van der Waals surface area contributed by atoms with Gasteiger partial charge >= 0.3 is 0 Å². The molecule has 1 amide bonds. The maximum atomic E-state index is 12.9. The lowest BCUT2D eigenvalue weighted by molar-refractivity contribution is -0.384. The Morgan fingerprint density at radius 3 is 2.19 bits per heavy atom. The van der Waals surface area contributed by atoms with Crippen LogP contribution in [0.5, 0.6) is 5.75 Å². The number of amides is 1. The second-order valence-corrected chi connectivity index (χ2v) is 8.67. The van der Waals surface area contributed by atoms with Gasteiger partial charge in [-0.2, -0.15) is 0 Å². The van der Waals surface area contributed by atoms with Crippen molar-refractivity contribution >= 4 is 56.4 Å². The highest BCUT2D eigenvalue weighted by molar-refractivity contribution is 9.10. The summed E-state index contributed by atoms with van der Waals surface area (Å²) in [4.78, 5) is 23.1. The number of halogens is 3. The first-order chi connectivity index (χ1) is 12.3. The molecule has 0 bridgehead atoms. The van der Waals surface area contributed by atoms with Crippen molar-refractivity contribution in [2.24, 2.45) is 0 Å². The lowest BCUT2D eigenvalue weighted by atomic mass is 9.84. The standard InChI is InChI=1S/C18H17BrCl2N2O4/c1-8-11(19)7-10(18(2,3)4)16(24)14(8)17(25)22-15-12(20)5-9(23(26)27)6-13(15)21/h5-7,24H,1-4H3,(H,22,25). The largest absolute Gasteiger partial charge is 0.507 e. The predicted molar refractivity (Wildman–Crippen MR) is 110 cm³/mol. The number of phenolic OH excluding ortho intramolecular Hbond substituents is 1. The molecule has 0 aliphatic heterocycles. The van der Waals surface area contributed by atoms with Crippen molar-refractivity contribution in [3.8, 4) is 5.75 Å². The summed E-state index contributed by atoms with van der Waals surface area (Å²) in [5.74, 6) is -0.774. The fourth-order valence-corrected chi connectivity index (χ4v) is 3.54. The molecule has 0 saturated carbocycles. The number of benzene rings is 2. The average Bonchev–Trinajstić information content (AvgIpc) is 2.53. The minimum atomic E-state index is -0.636. The number of nitro groups is 1. The van der Waals surface area contributed by atoms with Crippen molar-refractivity contribution in [2.75, 3.05) is 5.32 Å². The highest BCUT2D eigenvalue weighted by Gasteiger charge is 2.27. The number of nitrogens with one attached hydrogen (secondary N) is 1. The van der Waals surface area contributed by atoms with E-state index in [1.807, 2.05) is 20.8 Å². The number of hydrogen-bond donors (Lipinski definition) is 2. The van der Waals surface area contributed by atoms with Crippen LogP contribution in [0.25, 0.3) is 0 Å². The topological polar surface area (TPSA) is 92.5 Å². The fraction of sp³-hybridized carbons (Fsp3) is 0.278. The quantitative estimate of drug-likeness (QED) is 0.406. The molecule has 2 aromatic rings. The molecule has 6 nitrogen and oxygen atoms in total. The number of non-ortho nitro benzene ring substituents is 1. The molecule has 0 radical (unpaired) electrons. The number of nitrogens with zero attached hydrogens (tertiary/aromatic N) is 1. The van der Waals surface area contributed by atoms with Crippen LogP contribution < -0.4 is 5.32 Å². The van der Waals surface area contributed by atoms with E-state index in [1.165, 1.54) is 0 Å². The van der Waals surface area contributed by atoms with Crippen molar-refractivity contribution < 1.29 is 14.8 Å². The highest BCUT2D eigenvalue weighted by Crippen LogP contribution is 2.40. The summed E-state index contributed by atoms with van der Waals surface area (Å²) < 4.78 is 0.663. The number of nitro benzene ring substituents is 1. The molecule has 0 heterocycles. The van der Waals surface area contributed by atoms with Gasteiger partial charge in [-0.05, 0) is 24.0 Å². The average molecular weight is 476 g/mol. The Bertz CT molecular complexity index is 932. The first-order valence-electron chi connectivity index (χ1n) is 7.82. The molecule has 2 rings (SSSR count). The molecule has 2 N–H and O–H groups in total. The summed E-state index contributed by atoms with van der Waals surface area (Å²) in [6.07, 6.45) is 0. The summed E-state index contributed by atoms with van der Waals surface area (Å²) in [5.41, 5.74) is 0.528. The lowest BCUT2D eigenvalue weighted by Gasteiger charge is -2.24. The van der Waals surface area contributed by atoms with Crippen molar-refractivity contribution in [1.29, 1.82) is 0 Å². The first-order valence-corrected chi connectivity index (χ1v) is 9.36. The Kier molecular flexibility index (Phi) is 6.09. The van der Waals surface area contributed by atoms with E-state index in [0.29, 0.717) is 15.6 Å². The Hall–Kier alpha value is -1.83. The molecule has 2 aromatic carbocycles. The van der Waals surface area contributed by atoms with E-state index in [-0.39, 0.29) is 32.7 Å². The maximum Gasteiger partial charge on any atom is 0.272 e. The molecule has 0 fully saturated rings.